The van der Waals surface area contributed by atoms with Crippen molar-refractivity contribution in [1.82, 2.24) is 14.7 Å². The van der Waals surface area contributed by atoms with Gasteiger partial charge in [-0.3, -0.25) is 0 Å². The second-order valence-corrected chi connectivity index (χ2v) is 6.39. The van der Waals surface area contributed by atoms with Gasteiger partial charge in [-0.1, -0.05) is 6.92 Å². The Balaban J connectivity index is 2.39. The Morgan fingerprint density at radius 2 is 2.14 bits per heavy atom. The van der Waals surface area contributed by atoms with Gasteiger partial charge in [0.15, 0.2) is 0 Å². The molecule has 3 N–H and O–H groups in total. The number of hydrogen-bond donors (Lipinski definition) is 3. The summed E-state index contributed by atoms with van der Waals surface area (Å²) >= 11 is 0. The summed E-state index contributed by atoms with van der Waals surface area (Å²) in [4.78, 5) is 6.99. The Hall–Kier alpha value is -1.64. The first kappa shape index (κ1) is 15.7. The average molecular weight is 313 g/mol. The van der Waals surface area contributed by atoms with Gasteiger partial charge in [0.25, 0.3) is 0 Å². The normalized spacial score (nSPS) is 13.5. The third kappa shape index (κ3) is 3.02. The molecule has 2 heterocycles. The highest BCUT2D eigenvalue weighted by molar-refractivity contribution is 7.89. The summed E-state index contributed by atoms with van der Waals surface area (Å²) in [6.45, 7) is 4.66. The molecule has 2 rings (SSSR count). The van der Waals surface area contributed by atoms with Crippen LogP contribution in [0.5, 0.6) is 0 Å². The van der Waals surface area contributed by atoms with E-state index in [1.807, 2.05) is 6.92 Å². The number of nitrogens with zero attached hydrogens (tertiary/aromatic N) is 1. The average Bonchev–Trinajstić information content (AvgIpc) is 3.03. The van der Waals surface area contributed by atoms with Gasteiger partial charge in [-0.15, -0.1) is 0 Å². The van der Waals surface area contributed by atoms with Gasteiger partial charge in [-0.25, -0.2) is 18.1 Å². The number of rotatable bonds is 6. The molecule has 0 amide bonds. The summed E-state index contributed by atoms with van der Waals surface area (Å²) < 4.78 is 33.1. The fraction of sp³-hybridized carbons (Fsp3) is 0.462. The Labute approximate surface area is 123 Å². The van der Waals surface area contributed by atoms with Crippen LogP contribution in [-0.2, 0) is 16.6 Å². The van der Waals surface area contributed by atoms with E-state index in [2.05, 4.69) is 14.7 Å². The van der Waals surface area contributed by atoms with Crippen molar-refractivity contribution in [3.05, 3.63) is 35.3 Å². The molecule has 0 aliphatic rings. The predicted octanol–water partition coefficient (Wildman–Crippen LogP) is 1.54. The van der Waals surface area contributed by atoms with Crippen molar-refractivity contribution in [3.63, 3.8) is 0 Å². The van der Waals surface area contributed by atoms with Gasteiger partial charge in [-0.2, -0.15) is 0 Å². The van der Waals surface area contributed by atoms with Crippen LogP contribution in [-0.4, -0.2) is 23.5 Å². The van der Waals surface area contributed by atoms with Gasteiger partial charge >= 0.3 is 0 Å². The fourth-order valence-corrected chi connectivity index (χ4v) is 4.01. The Bertz CT molecular complexity index is 704. The number of nitrogens with one attached hydrogen (secondary N) is 2. The molecule has 0 aliphatic heterocycles. The number of aromatic nitrogens is 2. The van der Waals surface area contributed by atoms with Crippen LogP contribution in [0.3, 0.4) is 0 Å². The van der Waals surface area contributed by atoms with Gasteiger partial charge in [-0.05, 0) is 20.3 Å². The summed E-state index contributed by atoms with van der Waals surface area (Å²) in [5, 5.41) is 9.38. The van der Waals surface area contributed by atoms with E-state index in [1.54, 1.807) is 26.2 Å². The van der Waals surface area contributed by atoms with Crippen LogP contribution in [0.4, 0.5) is 0 Å². The maximum atomic E-state index is 12.6. The summed E-state index contributed by atoms with van der Waals surface area (Å²) in [5.74, 6) is 1.21. The van der Waals surface area contributed by atoms with Crippen LogP contribution >= 0.6 is 0 Å². The standard InChI is InChI=1S/C13H19N3O4S/c1-4-11(13-14-5-6-15-13)16-21(18,19)12-9(3)20-8(2)10(12)7-17/h5-6,11,16-17H,4,7H2,1-3H3,(H,14,15). The molecule has 1 unspecified atom stereocenters. The topological polar surface area (TPSA) is 108 Å². The van der Waals surface area contributed by atoms with Crippen LogP contribution in [0.1, 0.15) is 42.3 Å². The summed E-state index contributed by atoms with van der Waals surface area (Å²) in [6.07, 6.45) is 3.74. The molecule has 0 aliphatic carbocycles. The minimum Gasteiger partial charge on any atom is -0.465 e. The van der Waals surface area contributed by atoms with E-state index in [-0.39, 0.29) is 16.2 Å². The zero-order valence-corrected chi connectivity index (χ0v) is 13.0. The van der Waals surface area contributed by atoms with Crippen LogP contribution < -0.4 is 4.72 Å². The molecule has 2 aromatic rings. The van der Waals surface area contributed by atoms with Crippen molar-refractivity contribution in [2.24, 2.45) is 0 Å². The van der Waals surface area contributed by atoms with E-state index in [0.717, 1.165) is 0 Å². The van der Waals surface area contributed by atoms with E-state index in [0.29, 0.717) is 18.0 Å². The van der Waals surface area contributed by atoms with Crippen LogP contribution in [0.2, 0.25) is 0 Å². The molecular weight excluding hydrogens is 294 g/mol. The largest absolute Gasteiger partial charge is 0.465 e. The molecule has 0 spiro atoms. The summed E-state index contributed by atoms with van der Waals surface area (Å²) in [5.41, 5.74) is 0.286. The lowest BCUT2D eigenvalue weighted by Crippen LogP contribution is -2.30. The van der Waals surface area contributed by atoms with Crippen molar-refractivity contribution in [2.45, 2.75) is 44.7 Å². The Kier molecular flexibility index (Phi) is 4.50. The number of sulfonamides is 1. The van der Waals surface area contributed by atoms with Crippen LogP contribution in [0.25, 0.3) is 0 Å². The van der Waals surface area contributed by atoms with E-state index < -0.39 is 22.7 Å². The van der Waals surface area contributed by atoms with Crippen LogP contribution in [0.15, 0.2) is 21.7 Å². The molecule has 0 fully saturated rings. The zero-order chi connectivity index (χ0) is 15.6. The lowest BCUT2D eigenvalue weighted by atomic mass is 10.2. The molecule has 2 aromatic heterocycles. The van der Waals surface area contributed by atoms with Gasteiger partial charge < -0.3 is 14.5 Å². The first-order valence-corrected chi connectivity index (χ1v) is 8.10. The maximum Gasteiger partial charge on any atom is 0.245 e. The number of imidazole rings is 1. The second kappa shape index (κ2) is 6.00. The molecule has 0 aromatic carbocycles. The number of aliphatic hydroxyl groups is 1. The first-order valence-electron chi connectivity index (χ1n) is 6.62. The fourth-order valence-electron chi connectivity index (χ4n) is 2.29. The summed E-state index contributed by atoms with van der Waals surface area (Å²) in [6, 6.07) is -0.467. The van der Waals surface area contributed by atoms with E-state index >= 15 is 0 Å². The van der Waals surface area contributed by atoms with Crippen molar-refractivity contribution >= 4 is 10.0 Å². The first-order chi connectivity index (χ1) is 9.90. The molecule has 116 valence electrons. The third-order valence-corrected chi connectivity index (χ3v) is 4.97. The number of H-pyrrole nitrogens is 1. The highest BCUT2D eigenvalue weighted by Crippen LogP contribution is 2.28. The molecular formula is C13H19N3O4S. The predicted molar refractivity (Wildman–Crippen MR) is 76.0 cm³/mol. The molecule has 0 saturated carbocycles. The maximum absolute atomic E-state index is 12.6. The van der Waals surface area contributed by atoms with E-state index in [1.165, 1.54) is 0 Å². The van der Waals surface area contributed by atoms with Gasteiger partial charge in [0, 0.05) is 18.0 Å². The quantitative estimate of drug-likeness (QED) is 0.749. The van der Waals surface area contributed by atoms with Crippen molar-refractivity contribution < 1.29 is 17.9 Å². The van der Waals surface area contributed by atoms with E-state index in [4.69, 9.17) is 4.42 Å². The highest BCUT2D eigenvalue weighted by atomic mass is 32.2. The Morgan fingerprint density at radius 1 is 1.43 bits per heavy atom. The lowest BCUT2D eigenvalue weighted by molar-refractivity contribution is 0.276. The van der Waals surface area contributed by atoms with Gasteiger partial charge in [0.2, 0.25) is 10.0 Å². The SMILES string of the molecule is CCC(NS(=O)(=O)c1c(C)oc(C)c1CO)c1ncc[nH]1. The lowest BCUT2D eigenvalue weighted by Gasteiger charge is -2.15. The molecule has 0 saturated heterocycles. The second-order valence-electron chi connectivity index (χ2n) is 4.74. The van der Waals surface area contributed by atoms with Gasteiger partial charge in [0.1, 0.15) is 22.2 Å². The van der Waals surface area contributed by atoms with Crippen molar-refractivity contribution in [2.75, 3.05) is 0 Å². The minimum atomic E-state index is -3.81. The molecule has 0 bridgehead atoms. The third-order valence-electron chi connectivity index (χ3n) is 3.31. The molecule has 7 nitrogen and oxygen atoms in total. The van der Waals surface area contributed by atoms with Crippen molar-refractivity contribution in [3.8, 4) is 0 Å². The summed E-state index contributed by atoms with van der Waals surface area (Å²) in [7, 11) is -3.81. The molecule has 1 atom stereocenters. The monoisotopic (exact) mass is 313 g/mol. The van der Waals surface area contributed by atoms with Crippen LogP contribution in [0, 0.1) is 13.8 Å². The van der Waals surface area contributed by atoms with Crippen molar-refractivity contribution in [1.29, 1.82) is 0 Å². The highest BCUT2D eigenvalue weighted by Gasteiger charge is 2.29. The van der Waals surface area contributed by atoms with Gasteiger partial charge in [0.05, 0.1) is 12.6 Å². The number of furan rings is 1. The smallest absolute Gasteiger partial charge is 0.245 e. The Morgan fingerprint density at radius 3 is 2.67 bits per heavy atom. The number of aromatic amines is 1. The zero-order valence-electron chi connectivity index (χ0n) is 12.2. The number of hydrogen-bond acceptors (Lipinski definition) is 5. The minimum absolute atomic E-state index is 0.00695. The molecule has 21 heavy (non-hydrogen) atoms. The van der Waals surface area contributed by atoms with E-state index in [9.17, 15) is 13.5 Å². The molecule has 0 radical (unpaired) electrons. The number of aryl methyl sites for hydroxylation is 2. The molecule has 8 heteroatoms. The number of aliphatic hydroxyl groups excluding tert-OH is 1.